The van der Waals surface area contributed by atoms with Gasteiger partial charge in [0, 0.05) is 6.20 Å². The molecule has 2 heterocycles. The molecule has 0 saturated carbocycles. The molecular formula is C9H9F3N4O2. The fourth-order valence-electron chi connectivity index (χ4n) is 1.53. The van der Waals surface area contributed by atoms with Crippen LogP contribution in [0.25, 0.3) is 0 Å². The molecular weight excluding hydrogens is 253 g/mol. The van der Waals surface area contributed by atoms with Gasteiger partial charge in [0.2, 0.25) is 0 Å². The van der Waals surface area contributed by atoms with Gasteiger partial charge in [-0.2, -0.15) is 13.2 Å². The number of halogens is 3. The lowest BCUT2D eigenvalue weighted by Gasteiger charge is -2.19. The summed E-state index contributed by atoms with van der Waals surface area (Å²) in [7, 11) is 0. The molecule has 4 N–H and O–H groups in total. The molecule has 1 saturated heterocycles. The van der Waals surface area contributed by atoms with E-state index in [1.54, 1.807) is 0 Å². The maximum absolute atomic E-state index is 12.5. The quantitative estimate of drug-likeness (QED) is 0.675. The lowest BCUT2D eigenvalue weighted by molar-refractivity contribution is -0.137. The molecule has 0 radical (unpaired) electrons. The van der Waals surface area contributed by atoms with E-state index in [2.05, 4.69) is 10.3 Å². The standard InChI is InChI=1S/C9H9F3N4O2/c10-9(11,12)4-1-2-14-5(3-4)16-7(17)6(13)15-8(16)18/h1-3,6-7,17H,13H2,(H,15,18). The van der Waals surface area contributed by atoms with Crippen molar-refractivity contribution in [1.29, 1.82) is 0 Å². The van der Waals surface area contributed by atoms with E-state index in [0.29, 0.717) is 11.0 Å². The van der Waals surface area contributed by atoms with Crippen molar-refractivity contribution in [2.75, 3.05) is 4.90 Å². The van der Waals surface area contributed by atoms with Gasteiger partial charge in [0.25, 0.3) is 0 Å². The average Bonchev–Trinajstić information content (AvgIpc) is 2.52. The average molecular weight is 262 g/mol. The molecule has 0 aliphatic carbocycles. The van der Waals surface area contributed by atoms with Gasteiger partial charge in [0.05, 0.1) is 5.56 Å². The van der Waals surface area contributed by atoms with Crippen LogP contribution in [0.3, 0.4) is 0 Å². The molecule has 2 unspecified atom stereocenters. The van der Waals surface area contributed by atoms with E-state index in [-0.39, 0.29) is 5.82 Å². The van der Waals surface area contributed by atoms with Crippen molar-refractivity contribution >= 4 is 11.8 Å². The van der Waals surface area contributed by atoms with Crippen LogP contribution in [0.2, 0.25) is 0 Å². The SMILES string of the molecule is NC1NC(=O)N(c2cc(C(F)(F)F)ccn2)C1O. The Morgan fingerprint density at radius 3 is 2.67 bits per heavy atom. The van der Waals surface area contributed by atoms with E-state index < -0.39 is 30.2 Å². The number of aliphatic hydroxyl groups excluding tert-OH is 1. The van der Waals surface area contributed by atoms with Gasteiger partial charge < -0.3 is 16.2 Å². The Hall–Kier alpha value is -1.87. The molecule has 0 spiro atoms. The summed E-state index contributed by atoms with van der Waals surface area (Å²) in [6.07, 6.45) is -6.19. The van der Waals surface area contributed by atoms with E-state index in [4.69, 9.17) is 5.73 Å². The van der Waals surface area contributed by atoms with Crippen molar-refractivity contribution < 1.29 is 23.1 Å². The summed E-state index contributed by atoms with van der Waals surface area (Å²) in [5.41, 5.74) is 4.38. The summed E-state index contributed by atoms with van der Waals surface area (Å²) in [6, 6.07) is 0.631. The second-order valence-electron chi connectivity index (χ2n) is 3.66. The minimum atomic E-state index is -4.55. The van der Waals surface area contributed by atoms with Crippen molar-refractivity contribution in [1.82, 2.24) is 10.3 Å². The highest BCUT2D eigenvalue weighted by Gasteiger charge is 2.39. The number of amides is 2. The third kappa shape index (κ3) is 2.09. The van der Waals surface area contributed by atoms with Crippen LogP contribution in [0.15, 0.2) is 18.3 Å². The predicted octanol–water partition coefficient (Wildman–Crippen LogP) is 0.233. The summed E-state index contributed by atoms with van der Waals surface area (Å²) in [6.45, 7) is 0. The molecule has 98 valence electrons. The molecule has 2 atom stereocenters. The van der Waals surface area contributed by atoms with Crippen LogP contribution in [0, 0.1) is 0 Å². The van der Waals surface area contributed by atoms with Gasteiger partial charge in [0.1, 0.15) is 12.0 Å². The molecule has 1 aromatic rings. The Balaban J connectivity index is 2.37. The minimum absolute atomic E-state index is 0.317. The van der Waals surface area contributed by atoms with E-state index in [1.165, 1.54) is 0 Å². The van der Waals surface area contributed by atoms with Crippen molar-refractivity contribution in [3.8, 4) is 0 Å². The number of urea groups is 1. The Labute approximate surface area is 99.2 Å². The maximum Gasteiger partial charge on any atom is 0.416 e. The van der Waals surface area contributed by atoms with Crippen LogP contribution in [-0.4, -0.2) is 28.5 Å². The molecule has 0 aromatic carbocycles. The highest BCUT2D eigenvalue weighted by atomic mass is 19.4. The monoisotopic (exact) mass is 262 g/mol. The number of nitrogens with two attached hydrogens (primary N) is 1. The highest BCUT2D eigenvalue weighted by Crippen LogP contribution is 2.31. The van der Waals surface area contributed by atoms with E-state index in [1.807, 2.05) is 0 Å². The molecule has 1 aliphatic heterocycles. The Kier molecular flexibility index (Phi) is 2.87. The van der Waals surface area contributed by atoms with E-state index >= 15 is 0 Å². The van der Waals surface area contributed by atoms with Gasteiger partial charge in [-0.1, -0.05) is 0 Å². The van der Waals surface area contributed by atoms with Crippen LogP contribution in [0.1, 0.15) is 5.56 Å². The third-order valence-corrected chi connectivity index (χ3v) is 2.41. The summed E-state index contributed by atoms with van der Waals surface area (Å²) in [5.74, 6) is -0.317. The number of carbonyl (C=O) groups excluding carboxylic acids is 1. The number of pyridine rings is 1. The minimum Gasteiger partial charge on any atom is -0.370 e. The molecule has 9 heteroatoms. The van der Waals surface area contributed by atoms with Gasteiger partial charge in [0.15, 0.2) is 6.23 Å². The number of hydrogen-bond donors (Lipinski definition) is 3. The smallest absolute Gasteiger partial charge is 0.370 e. The van der Waals surface area contributed by atoms with Crippen molar-refractivity contribution in [2.45, 2.75) is 18.6 Å². The zero-order chi connectivity index (χ0) is 13.5. The Morgan fingerprint density at radius 1 is 1.50 bits per heavy atom. The molecule has 1 aliphatic rings. The molecule has 1 aromatic heterocycles. The number of anilines is 1. The van der Waals surface area contributed by atoms with Gasteiger partial charge in [-0.15, -0.1) is 0 Å². The van der Waals surface area contributed by atoms with Crippen LogP contribution >= 0.6 is 0 Å². The van der Waals surface area contributed by atoms with Crippen molar-refractivity contribution in [3.05, 3.63) is 23.9 Å². The number of carbonyl (C=O) groups is 1. The number of aromatic nitrogens is 1. The van der Waals surface area contributed by atoms with Gasteiger partial charge >= 0.3 is 12.2 Å². The lowest BCUT2D eigenvalue weighted by Crippen LogP contribution is -2.42. The number of alkyl halides is 3. The first-order valence-corrected chi connectivity index (χ1v) is 4.87. The van der Waals surface area contributed by atoms with Crippen molar-refractivity contribution in [3.63, 3.8) is 0 Å². The second-order valence-corrected chi connectivity index (χ2v) is 3.66. The summed E-state index contributed by atoms with van der Waals surface area (Å²) in [5, 5.41) is 11.7. The summed E-state index contributed by atoms with van der Waals surface area (Å²) >= 11 is 0. The number of nitrogens with zero attached hydrogens (tertiary/aromatic N) is 2. The second kappa shape index (κ2) is 4.10. The number of rotatable bonds is 1. The van der Waals surface area contributed by atoms with Gasteiger partial charge in [-0.25, -0.2) is 14.7 Å². The number of hydrogen-bond acceptors (Lipinski definition) is 4. The highest BCUT2D eigenvalue weighted by molar-refractivity contribution is 5.94. The third-order valence-electron chi connectivity index (χ3n) is 2.41. The first-order valence-electron chi connectivity index (χ1n) is 4.87. The molecule has 0 bridgehead atoms. The first kappa shape index (κ1) is 12.6. The van der Waals surface area contributed by atoms with Crippen LogP contribution in [0.5, 0.6) is 0 Å². The van der Waals surface area contributed by atoms with E-state index in [0.717, 1.165) is 12.3 Å². The predicted molar refractivity (Wildman–Crippen MR) is 54.2 cm³/mol. The fourth-order valence-corrected chi connectivity index (χ4v) is 1.53. The summed E-state index contributed by atoms with van der Waals surface area (Å²) < 4.78 is 37.5. The normalized spacial score (nSPS) is 24.3. The molecule has 6 nitrogen and oxygen atoms in total. The van der Waals surface area contributed by atoms with Crippen LogP contribution in [-0.2, 0) is 6.18 Å². The number of nitrogens with one attached hydrogen (secondary N) is 1. The molecule has 2 rings (SSSR count). The van der Waals surface area contributed by atoms with Crippen molar-refractivity contribution in [2.24, 2.45) is 5.73 Å². The maximum atomic E-state index is 12.5. The zero-order valence-corrected chi connectivity index (χ0v) is 8.85. The summed E-state index contributed by atoms with van der Waals surface area (Å²) in [4.78, 5) is 15.7. The Morgan fingerprint density at radius 2 is 2.17 bits per heavy atom. The van der Waals surface area contributed by atoms with E-state index in [9.17, 15) is 23.1 Å². The van der Waals surface area contributed by atoms with Crippen LogP contribution in [0.4, 0.5) is 23.8 Å². The van der Waals surface area contributed by atoms with Crippen LogP contribution < -0.4 is 16.0 Å². The largest absolute Gasteiger partial charge is 0.416 e. The van der Waals surface area contributed by atoms with Gasteiger partial charge in [-0.3, -0.25) is 0 Å². The molecule has 2 amide bonds. The molecule has 1 fully saturated rings. The first-order chi connectivity index (χ1) is 8.30. The Bertz CT molecular complexity index is 479. The zero-order valence-electron chi connectivity index (χ0n) is 8.85. The lowest BCUT2D eigenvalue weighted by atomic mass is 10.2. The molecule has 18 heavy (non-hydrogen) atoms. The van der Waals surface area contributed by atoms with Gasteiger partial charge in [-0.05, 0) is 12.1 Å². The topological polar surface area (TPSA) is 91.5 Å². The fraction of sp³-hybridized carbons (Fsp3) is 0.333. The number of aliphatic hydroxyl groups is 1.